The molecule has 0 aromatic carbocycles. The van der Waals surface area contributed by atoms with Gasteiger partial charge in [0.2, 0.25) is 0 Å². The van der Waals surface area contributed by atoms with E-state index in [1.807, 2.05) is 0 Å². The van der Waals surface area contributed by atoms with Crippen LogP contribution in [0.1, 0.15) is 18.9 Å². The summed E-state index contributed by atoms with van der Waals surface area (Å²) in [6, 6.07) is 1.45. The first-order valence-corrected chi connectivity index (χ1v) is 5.25. The number of nitrogens with two attached hydrogens (primary N) is 1. The van der Waals surface area contributed by atoms with E-state index in [4.69, 9.17) is 10.8 Å². The maximum atomic E-state index is 11.6. The summed E-state index contributed by atoms with van der Waals surface area (Å²) in [5.74, 6) is 0.0351. The second-order valence-corrected chi connectivity index (χ2v) is 4.18. The molecular formula is C10H15N3O3. The summed E-state index contributed by atoms with van der Waals surface area (Å²) in [5, 5.41) is 18.7. The maximum absolute atomic E-state index is 11.6. The third-order valence-corrected chi connectivity index (χ3v) is 3.11. The number of nitrogen functional groups attached to an aromatic ring is 1. The Morgan fingerprint density at radius 1 is 1.56 bits per heavy atom. The van der Waals surface area contributed by atoms with Crippen LogP contribution in [0.3, 0.4) is 0 Å². The molecule has 16 heavy (non-hydrogen) atoms. The second kappa shape index (κ2) is 4.23. The van der Waals surface area contributed by atoms with Crippen LogP contribution in [0.4, 0.5) is 5.82 Å². The van der Waals surface area contributed by atoms with Crippen molar-refractivity contribution in [2.45, 2.75) is 25.0 Å². The quantitative estimate of drug-likeness (QED) is 0.607. The molecule has 1 aromatic heterocycles. The van der Waals surface area contributed by atoms with Crippen molar-refractivity contribution < 1.29 is 10.2 Å². The monoisotopic (exact) mass is 225 g/mol. The van der Waals surface area contributed by atoms with Crippen LogP contribution >= 0.6 is 0 Å². The van der Waals surface area contributed by atoms with Gasteiger partial charge in [-0.2, -0.15) is 4.98 Å². The fourth-order valence-electron chi connectivity index (χ4n) is 2.20. The number of rotatable bonds is 2. The van der Waals surface area contributed by atoms with Crippen molar-refractivity contribution in [1.29, 1.82) is 0 Å². The Labute approximate surface area is 92.4 Å². The standard InChI is InChI=1S/C10H15N3O3/c11-9-1-2-13(10(16)12-9)7-3-6(5-14)8(15)4-7/h1-2,6-8,14-15H,3-5H2,(H2,11,12,16)/t6-,7-,8+/m1/s1. The SMILES string of the molecule is Nc1ccn([C@@H]2C[C@H](CO)[C@@H](O)C2)c(=O)n1. The molecule has 0 spiro atoms. The van der Waals surface area contributed by atoms with Gasteiger partial charge in [0.1, 0.15) is 5.82 Å². The van der Waals surface area contributed by atoms with Crippen LogP contribution in [0.15, 0.2) is 17.1 Å². The Morgan fingerprint density at radius 3 is 2.88 bits per heavy atom. The lowest BCUT2D eigenvalue weighted by Crippen LogP contribution is -2.26. The number of anilines is 1. The Hall–Kier alpha value is -1.40. The minimum absolute atomic E-state index is 0.0607. The molecule has 1 fully saturated rings. The molecule has 1 saturated carbocycles. The van der Waals surface area contributed by atoms with Crippen molar-refractivity contribution in [3.63, 3.8) is 0 Å². The Bertz CT molecular complexity index is 432. The molecule has 3 atom stereocenters. The van der Waals surface area contributed by atoms with Gasteiger partial charge in [-0.15, -0.1) is 0 Å². The van der Waals surface area contributed by atoms with E-state index in [0.29, 0.717) is 12.8 Å². The molecule has 2 rings (SSSR count). The van der Waals surface area contributed by atoms with Gasteiger partial charge in [0, 0.05) is 24.8 Å². The number of nitrogens with zero attached hydrogens (tertiary/aromatic N) is 2. The summed E-state index contributed by atoms with van der Waals surface area (Å²) in [5.41, 5.74) is 4.99. The van der Waals surface area contributed by atoms with E-state index < -0.39 is 11.8 Å². The molecule has 1 aromatic rings. The lowest BCUT2D eigenvalue weighted by molar-refractivity contribution is 0.0906. The normalized spacial score (nSPS) is 29.5. The van der Waals surface area contributed by atoms with E-state index in [1.54, 1.807) is 12.3 Å². The van der Waals surface area contributed by atoms with E-state index in [-0.39, 0.29) is 24.4 Å². The van der Waals surface area contributed by atoms with Crippen molar-refractivity contribution >= 4 is 5.82 Å². The lowest BCUT2D eigenvalue weighted by atomic mass is 10.1. The topological polar surface area (TPSA) is 101 Å². The smallest absolute Gasteiger partial charge is 0.349 e. The molecular weight excluding hydrogens is 210 g/mol. The zero-order chi connectivity index (χ0) is 11.7. The van der Waals surface area contributed by atoms with Crippen molar-refractivity contribution in [2.75, 3.05) is 12.3 Å². The number of hydrogen-bond donors (Lipinski definition) is 3. The van der Waals surface area contributed by atoms with Crippen LogP contribution in [0.25, 0.3) is 0 Å². The lowest BCUT2D eigenvalue weighted by Gasteiger charge is -2.12. The van der Waals surface area contributed by atoms with Gasteiger partial charge in [0.05, 0.1) is 6.10 Å². The van der Waals surface area contributed by atoms with E-state index in [2.05, 4.69) is 4.98 Å². The Balaban J connectivity index is 2.23. The minimum atomic E-state index is -0.556. The number of aromatic nitrogens is 2. The number of hydrogen-bond acceptors (Lipinski definition) is 5. The van der Waals surface area contributed by atoms with Crippen LogP contribution in [-0.4, -0.2) is 32.5 Å². The third-order valence-electron chi connectivity index (χ3n) is 3.11. The highest BCUT2D eigenvalue weighted by Gasteiger charge is 2.33. The van der Waals surface area contributed by atoms with Crippen molar-refractivity contribution in [2.24, 2.45) is 5.92 Å². The maximum Gasteiger partial charge on any atom is 0.349 e. The van der Waals surface area contributed by atoms with Gasteiger partial charge in [-0.1, -0.05) is 0 Å². The van der Waals surface area contributed by atoms with Gasteiger partial charge in [-0.25, -0.2) is 4.79 Å². The average molecular weight is 225 g/mol. The zero-order valence-corrected chi connectivity index (χ0v) is 8.78. The van der Waals surface area contributed by atoms with Crippen LogP contribution in [0.2, 0.25) is 0 Å². The third kappa shape index (κ3) is 1.94. The molecule has 4 N–H and O–H groups in total. The van der Waals surface area contributed by atoms with Gasteiger partial charge >= 0.3 is 5.69 Å². The first-order valence-electron chi connectivity index (χ1n) is 5.25. The Morgan fingerprint density at radius 2 is 2.31 bits per heavy atom. The summed E-state index contributed by atoms with van der Waals surface area (Å²) in [7, 11) is 0. The average Bonchev–Trinajstić information content (AvgIpc) is 2.59. The van der Waals surface area contributed by atoms with Crippen LogP contribution in [0.5, 0.6) is 0 Å². The highest BCUT2D eigenvalue weighted by molar-refractivity contribution is 5.23. The number of aliphatic hydroxyl groups excluding tert-OH is 2. The summed E-state index contributed by atoms with van der Waals surface area (Å²) >= 11 is 0. The summed E-state index contributed by atoms with van der Waals surface area (Å²) in [6.45, 7) is -0.0607. The predicted molar refractivity (Wildman–Crippen MR) is 57.8 cm³/mol. The highest BCUT2D eigenvalue weighted by Crippen LogP contribution is 2.33. The zero-order valence-electron chi connectivity index (χ0n) is 8.78. The number of aliphatic hydroxyl groups is 2. The van der Waals surface area contributed by atoms with Gasteiger partial charge in [-0.3, -0.25) is 4.57 Å². The van der Waals surface area contributed by atoms with Gasteiger partial charge in [0.15, 0.2) is 0 Å². The first kappa shape index (κ1) is 11.1. The molecule has 6 heteroatoms. The van der Waals surface area contributed by atoms with Crippen LogP contribution in [-0.2, 0) is 0 Å². The fourth-order valence-corrected chi connectivity index (χ4v) is 2.20. The highest BCUT2D eigenvalue weighted by atomic mass is 16.3. The minimum Gasteiger partial charge on any atom is -0.396 e. The second-order valence-electron chi connectivity index (χ2n) is 4.18. The summed E-state index contributed by atoms with van der Waals surface area (Å²) < 4.78 is 1.47. The van der Waals surface area contributed by atoms with Crippen molar-refractivity contribution in [3.05, 3.63) is 22.7 Å². The Kier molecular flexibility index (Phi) is 2.93. The van der Waals surface area contributed by atoms with E-state index in [1.165, 1.54) is 4.57 Å². The van der Waals surface area contributed by atoms with E-state index in [0.717, 1.165) is 0 Å². The fraction of sp³-hybridized carbons (Fsp3) is 0.600. The van der Waals surface area contributed by atoms with E-state index in [9.17, 15) is 9.90 Å². The first-order chi connectivity index (χ1) is 7.61. The molecule has 88 valence electrons. The molecule has 0 bridgehead atoms. The summed E-state index contributed by atoms with van der Waals surface area (Å²) in [4.78, 5) is 15.2. The van der Waals surface area contributed by atoms with Crippen LogP contribution < -0.4 is 11.4 Å². The molecule has 1 heterocycles. The molecule has 0 aliphatic heterocycles. The van der Waals surface area contributed by atoms with Crippen molar-refractivity contribution in [3.8, 4) is 0 Å². The molecule has 1 aliphatic carbocycles. The van der Waals surface area contributed by atoms with E-state index >= 15 is 0 Å². The van der Waals surface area contributed by atoms with Gasteiger partial charge in [0.25, 0.3) is 0 Å². The van der Waals surface area contributed by atoms with Gasteiger partial charge in [-0.05, 0) is 18.9 Å². The van der Waals surface area contributed by atoms with Crippen molar-refractivity contribution in [1.82, 2.24) is 9.55 Å². The molecule has 6 nitrogen and oxygen atoms in total. The van der Waals surface area contributed by atoms with Gasteiger partial charge < -0.3 is 15.9 Å². The molecule has 0 saturated heterocycles. The molecule has 0 amide bonds. The largest absolute Gasteiger partial charge is 0.396 e. The molecule has 0 radical (unpaired) electrons. The molecule has 1 aliphatic rings. The van der Waals surface area contributed by atoms with Crippen LogP contribution in [0, 0.1) is 5.92 Å². The summed E-state index contributed by atoms with van der Waals surface area (Å²) in [6.07, 6.45) is 2.08. The molecule has 0 unspecified atom stereocenters. The predicted octanol–water partition coefficient (Wildman–Crippen LogP) is -0.870.